The van der Waals surface area contributed by atoms with Crippen molar-refractivity contribution in [1.29, 1.82) is 0 Å². The molecular weight excluding hydrogens is 303 g/mol. The molecule has 0 atom stereocenters. The van der Waals surface area contributed by atoms with Crippen molar-refractivity contribution in [3.63, 3.8) is 0 Å². The molecule has 23 heavy (non-hydrogen) atoms. The van der Waals surface area contributed by atoms with Gasteiger partial charge < -0.3 is 9.64 Å². The van der Waals surface area contributed by atoms with E-state index in [9.17, 15) is 13.2 Å². The van der Waals surface area contributed by atoms with Crippen molar-refractivity contribution < 1.29 is 17.9 Å². The Morgan fingerprint density at radius 3 is 2.30 bits per heavy atom. The highest BCUT2D eigenvalue weighted by molar-refractivity contribution is 5.46. The summed E-state index contributed by atoms with van der Waals surface area (Å²) in [7, 11) is 0. The van der Waals surface area contributed by atoms with Crippen LogP contribution in [0, 0.1) is 6.07 Å². The molecule has 2 nitrogen and oxygen atoms in total. The minimum Gasteiger partial charge on any atom is -0.490 e. The molecule has 0 N–H and O–H groups in total. The fraction of sp³-hybridized carbons (Fsp3) is 0.333. The highest BCUT2D eigenvalue weighted by Gasteiger charge is 2.30. The Kier molecular flexibility index (Phi) is 4.46. The van der Waals surface area contributed by atoms with Crippen molar-refractivity contribution in [1.82, 2.24) is 0 Å². The van der Waals surface area contributed by atoms with Crippen LogP contribution in [0.3, 0.4) is 0 Å². The fourth-order valence-electron chi connectivity index (χ4n) is 2.73. The molecule has 3 rings (SSSR count). The monoisotopic (exact) mass is 320 g/mol. The van der Waals surface area contributed by atoms with E-state index in [1.807, 2.05) is 24.3 Å². The number of halogens is 3. The predicted molar refractivity (Wildman–Crippen MR) is 82.6 cm³/mol. The molecule has 2 aromatic rings. The van der Waals surface area contributed by atoms with Gasteiger partial charge in [-0.3, -0.25) is 0 Å². The predicted octanol–water partition coefficient (Wildman–Crippen LogP) is 4.55. The molecule has 2 aromatic carbocycles. The smallest absolute Gasteiger partial charge is 0.416 e. The topological polar surface area (TPSA) is 12.5 Å². The Bertz CT molecular complexity index is 617. The molecule has 1 aliphatic heterocycles. The van der Waals surface area contributed by atoms with Crippen molar-refractivity contribution in [2.75, 3.05) is 18.0 Å². The molecule has 0 aromatic heterocycles. The molecule has 0 unspecified atom stereocenters. The maximum Gasteiger partial charge on any atom is 0.416 e. The van der Waals surface area contributed by atoms with Crippen LogP contribution in [0.1, 0.15) is 18.4 Å². The molecule has 5 heteroatoms. The summed E-state index contributed by atoms with van der Waals surface area (Å²) < 4.78 is 43.4. The van der Waals surface area contributed by atoms with Gasteiger partial charge in [-0.2, -0.15) is 13.2 Å². The Balaban J connectivity index is 1.55. The average Bonchev–Trinajstić information content (AvgIpc) is 2.56. The zero-order chi connectivity index (χ0) is 16.3. The van der Waals surface area contributed by atoms with Gasteiger partial charge in [0, 0.05) is 31.6 Å². The molecule has 1 saturated heterocycles. The van der Waals surface area contributed by atoms with Gasteiger partial charge in [-0.15, -0.1) is 0 Å². The van der Waals surface area contributed by atoms with Gasteiger partial charge in [-0.1, -0.05) is 12.1 Å². The third-order valence-corrected chi connectivity index (χ3v) is 3.98. The molecule has 0 aliphatic carbocycles. The van der Waals surface area contributed by atoms with E-state index in [-0.39, 0.29) is 6.10 Å². The number of anilines is 1. The molecule has 121 valence electrons. The first kappa shape index (κ1) is 15.7. The first-order valence-corrected chi connectivity index (χ1v) is 7.57. The summed E-state index contributed by atoms with van der Waals surface area (Å²) in [5.41, 5.74) is 0.487. The van der Waals surface area contributed by atoms with Gasteiger partial charge in [0.05, 0.1) is 5.56 Å². The van der Waals surface area contributed by atoms with Crippen molar-refractivity contribution in [3.05, 3.63) is 60.2 Å². The van der Waals surface area contributed by atoms with Crippen LogP contribution in [-0.2, 0) is 6.18 Å². The number of alkyl halides is 3. The Morgan fingerprint density at radius 2 is 1.74 bits per heavy atom. The zero-order valence-electron chi connectivity index (χ0n) is 12.5. The van der Waals surface area contributed by atoms with Gasteiger partial charge in [0.2, 0.25) is 0 Å². The number of hydrogen-bond donors (Lipinski definition) is 0. The van der Waals surface area contributed by atoms with Crippen LogP contribution in [-0.4, -0.2) is 19.2 Å². The summed E-state index contributed by atoms with van der Waals surface area (Å²) in [5.74, 6) is 0.490. The summed E-state index contributed by atoms with van der Waals surface area (Å²) in [6, 6.07) is 15.8. The van der Waals surface area contributed by atoms with Crippen LogP contribution in [0.25, 0.3) is 0 Å². The van der Waals surface area contributed by atoms with Crippen LogP contribution in [0.5, 0.6) is 5.75 Å². The van der Waals surface area contributed by atoms with E-state index in [1.54, 1.807) is 0 Å². The van der Waals surface area contributed by atoms with Crippen molar-refractivity contribution in [3.8, 4) is 5.75 Å². The molecule has 0 amide bonds. The molecule has 1 aliphatic rings. The number of rotatable bonds is 3. The van der Waals surface area contributed by atoms with Gasteiger partial charge in [-0.25, -0.2) is 0 Å². The quantitative estimate of drug-likeness (QED) is 0.822. The highest BCUT2D eigenvalue weighted by Crippen LogP contribution is 2.31. The summed E-state index contributed by atoms with van der Waals surface area (Å²) in [5, 5.41) is 0. The van der Waals surface area contributed by atoms with Crippen LogP contribution >= 0.6 is 0 Å². The lowest BCUT2D eigenvalue weighted by molar-refractivity contribution is -0.137. The van der Waals surface area contributed by atoms with E-state index in [0.717, 1.165) is 43.8 Å². The van der Waals surface area contributed by atoms with E-state index in [0.29, 0.717) is 5.75 Å². The second-order valence-electron chi connectivity index (χ2n) is 5.59. The average molecular weight is 320 g/mol. The largest absolute Gasteiger partial charge is 0.490 e. The lowest BCUT2D eigenvalue weighted by Crippen LogP contribution is -2.38. The number of benzene rings is 2. The van der Waals surface area contributed by atoms with Crippen LogP contribution in [0.2, 0.25) is 0 Å². The SMILES string of the molecule is FC(F)(F)c1ccc(OC2CCN(c3c[c]ccc3)CC2)cc1. The number of ether oxygens (including phenoxy) is 1. The van der Waals surface area contributed by atoms with E-state index >= 15 is 0 Å². The molecule has 0 bridgehead atoms. The lowest BCUT2D eigenvalue weighted by atomic mass is 10.1. The van der Waals surface area contributed by atoms with E-state index in [4.69, 9.17) is 4.74 Å². The van der Waals surface area contributed by atoms with Gasteiger partial charge in [-0.05, 0) is 42.5 Å². The summed E-state index contributed by atoms with van der Waals surface area (Å²) in [6.07, 6.45) is -2.58. The summed E-state index contributed by atoms with van der Waals surface area (Å²) >= 11 is 0. The van der Waals surface area contributed by atoms with E-state index < -0.39 is 11.7 Å². The van der Waals surface area contributed by atoms with Gasteiger partial charge in [0.15, 0.2) is 0 Å². The highest BCUT2D eigenvalue weighted by atomic mass is 19.4. The fourth-order valence-corrected chi connectivity index (χ4v) is 2.73. The normalized spacial score (nSPS) is 16.4. The number of piperidine rings is 1. The molecule has 1 heterocycles. The lowest BCUT2D eigenvalue weighted by Gasteiger charge is -2.33. The summed E-state index contributed by atoms with van der Waals surface area (Å²) in [4.78, 5) is 2.27. The first-order chi connectivity index (χ1) is 11.0. The number of hydrogen-bond acceptors (Lipinski definition) is 2. The molecule has 0 saturated carbocycles. The van der Waals surface area contributed by atoms with Crippen molar-refractivity contribution in [2.45, 2.75) is 25.1 Å². The second kappa shape index (κ2) is 6.52. The van der Waals surface area contributed by atoms with E-state index in [2.05, 4.69) is 11.0 Å². The van der Waals surface area contributed by atoms with Gasteiger partial charge in [0.25, 0.3) is 0 Å². The third-order valence-electron chi connectivity index (χ3n) is 3.98. The van der Waals surface area contributed by atoms with Crippen LogP contribution < -0.4 is 9.64 Å². The molecule has 0 spiro atoms. The third kappa shape index (κ3) is 3.97. The molecular formula is C18H17F3NO. The number of nitrogens with zero attached hydrogens (tertiary/aromatic N) is 1. The van der Waals surface area contributed by atoms with E-state index in [1.165, 1.54) is 12.1 Å². The van der Waals surface area contributed by atoms with Gasteiger partial charge >= 0.3 is 6.18 Å². The van der Waals surface area contributed by atoms with Gasteiger partial charge in [0.1, 0.15) is 11.9 Å². The Hall–Kier alpha value is -2.17. The van der Waals surface area contributed by atoms with Crippen LogP contribution in [0.15, 0.2) is 48.5 Å². The maximum atomic E-state index is 12.5. The standard InChI is InChI=1S/C18H17F3NO/c19-18(20,21)14-6-8-16(9-7-14)23-17-10-12-22(13-11-17)15-4-2-1-3-5-15/h1-2,4-9,17H,10-13H2. The van der Waals surface area contributed by atoms with Crippen LogP contribution in [0.4, 0.5) is 18.9 Å². The Labute approximate surface area is 133 Å². The minimum absolute atomic E-state index is 0.0377. The van der Waals surface area contributed by atoms with Crippen molar-refractivity contribution >= 4 is 5.69 Å². The zero-order valence-corrected chi connectivity index (χ0v) is 12.5. The summed E-state index contributed by atoms with van der Waals surface area (Å²) in [6.45, 7) is 1.73. The molecule has 1 fully saturated rings. The van der Waals surface area contributed by atoms with Crippen molar-refractivity contribution in [2.24, 2.45) is 0 Å². The maximum absolute atomic E-state index is 12.5. The first-order valence-electron chi connectivity index (χ1n) is 7.57. The second-order valence-corrected chi connectivity index (χ2v) is 5.59. The Morgan fingerprint density at radius 1 is 1.04 bits per heavy atom. The minimum atomic E-state index is -4.31. The molecule has 1 radical (unpaired) electrons.